The number of hydrogen-bond donors (Lipinski definition) is 2. The molecule has 1 aliphatic rings. The maximum atomic E-state index is 12.5. The molecule has 1 aliphatic heterocycles. The minimum atomic E-state index is 0.0849. The molecule has 1 saturated heterocycles. The van der Waals surface area contributed by atoms with Crippen LogP contribution in [0, 0.1) is 0 Å². The number of quaternary nitrogens is 1. The van der Waals surface area contributed by atoms with Crippen molar-refractivity contribution in [2.75, 3.05) is 25.0 Å². The zero-order valence-electron chi connectivity index (χ0n) is 20.3. The van der Waals surface area contributed by atoms with Crippen molar-refractivity contribution in [2.45, 2.75) is 19.3 Å². The summed E-state index contributed by atoms with van der Waals surface area (Å²) in [6.07, 6.45) is 3.73. The van der Waals surface area contributed by atoms with Crippen LogP contribution in [0.1, 0.15) is 19.3 Å². The first-order chi connectivity index (χ1) is 17.7. The molecule has 1 fully saturated rings. The summed E-state index contributed by atoms with van der Waals surface area (Å²) >= 11 is 0. The lowest BCUT2D eigenvalue weighted by Crippen LogP contribution is -3.13. The number of carbonyl (C=O) groups is 1. The molecule has 0 aliphatic carbocycles. The lowest BCUT2D eigenvalue weighted by molar-refractivity contribution is -0.896. The van der Waals surface area contributed by atoms with Crippen LogP contribution in [0.4, 0.5) is 5.69 Å². The highest BCUT2D eigenvalue weighted by atomic mass is 16.2. The molecule has 2 N–H and O–H groups in total. The van der Waals surface area contributed by atoms with Crippen LogP contribution in [0.15, 0.2) is 97.1 Å². The zero-order valence-corrected chi connectivity index (χ0v) is 20.3. The van der Waals surface area contributed by atoms with Crippen LogP contribution in [0.3, 0.4) is 0 Å². The molecule has 36 heavy (non-hydrogen) atoms. The smallest absolute Gasteiger partial charge is 0.279 e. The molecule has 1 amide bonds. The van der Waals surface area contributed by atoms with Crippen molar-refractivity contribution in [3.63, 3.8) is 0 Å². The summed E-state index contributed by atoms with van der Waals surface area (Å²) in [4.78, 5) is 19.0. The van der Waals surface area contributed by atoms with Gasteiger partial charge in [-0.25, -0.2) is 4.98 Å². The molecule has 0 bridgehead atoms. The van der Waals surface area contributed by atoms with E-state index in [1.165, 1.54) is 51.4 Å². The van der Waals surface area contributed by atoms with E-state index in [0.29, 0.717) is 6.54 Å². The van der Waals surface area contributed by atoms with Crippen LogP contribution in [-0.2, 0) is 4.79 Å². The Hall–Kier alpha value is -4.02. The van der Waals surface area contributed by atoms with Gasteiger partial charge >= 0.3 is 0 Å². The molecule has 4 aromatic carbocycles. The van der Waals surface area contributed by atoms with E-state index in [0.717, 1.165) is 35.6 Å². The van der Waals surface area contributed by atoms with E-state index in [1.54, 1.807) is 0 Å². The monoisotopic (exact) mass is 472 g/mol. The van der Waals surface area contributed by atoms with Gasteiger partial charge in [-0.1, -0.05) is 72.8 Å². The maximum Gasteiger partial charge on any atom is 0.279 e. The molecule has 0 spiro atoms. The fraction of sp³-hybridized carbons (Fsp3) is 0.188. The van der Waals surface area contributed by atoms with E-state index in [9.17, 15) is 4.79 Å². The highest BCUT2D eigenvalue weighted by Crippen LogP contribution is 2.36. The van der Waals surface area contributed by atoms with Crippen LogP contribution in [0.2, 0.25) is 0 Å². The van der Waals surface area contributed by atoms with E-state index in [1.807, 2.05) is 30.3 Å². The van der Waals surface area contributed by atoms with Gasteiger partial charge in [0.2, 0.25) is 0 Å². The van der Waals surface area contributed by atoms with E-state index >= 15 is 0 Å². The quantitative estimate of drug-likeness (QED) is 0.321. The van der Waals surface area contributed by atoms with E-state index in [-0.39, 0.29) is 5.91 Å². The third kappa shape index (κ3) is 4.60. The maximum absolute atomic E-state index is 12.5. The molecular formula is C32H30N3O+. The van der Waals surface area contributed by atoms with Crippen LogP contribution < -0.4 is 10.2 Å². The van der Waals surface area contributed by atoms with Crippen molar-refractivity contribution >= 4 is 33.3 Å². The van der Waals surface area contributed by atoms with E-state index < -0.39 is 0 Å². The molecule has 178 valence electrons. The summed E-state index contributed by atoms with van der Waals surface area (Å²) in [6, 6.07) is 33.5. The molecule has 5 aromatic rings. The molecule has 0 unspecified atom stereocenters. The number of nitrogens with one attached hydrogen (secondary N) is 2. The third-order valence-electron chi connectivity index (χ3n) is 7.22. The third-order valence-corrected chi connectivity index (χ3v) is 7.22. The number of benzene rings is 4. The molecule has 2 heterocycles. The summed E-state index contributed by atoms with van der Waals surface area (Å²) in [7, 11) is 0. The number of likely N-dealkylation sites (tertiary alicyclic amines) is 1. The summed E-state index contributed by atoms with van der Waals surface area (Å²) in [5, 5.41) is 6.67. The van der Waals surface area contributed by atoms with Crippen LogP contribution >= 0.6 is 0 Å². The van der Waals surface area contributed by atoms with Gasteiger partial charge in [0.1, 0.15) is 0 Å². The minimum Gasteiger partial charge on any atom is -0.327 e. The molecule has 6 rings (SSSR count). The topological polar surface area (TPSA) is 46.4 Å². The van der Waals surface area contributed by atoms with Gasteiger partial charge in [-0.05, 0) is 65.4 Å². The van der Waals surface area contributed by atoms with Gasteiger partial charge in [-0.15, -0.1) is 0 Å². The first-order valence-electron chi connectivity index (χ1n) is 12.9. The van der Waals surface area contributed by atoms with E-state index in [4.69, 9.17) is 4.98 Å². The molecule has 4 nitrogen and oxygen atoms in total. The zero-order chi connectivity index (χ0) is 24.3. The van der Waals surface area contributed by atoms with Gasteiger partial charge in [-0.3, -0.25) is 4.79 Å². The van der Waals surface area contributed by atoms with Crippen LogP contribution in [-0.4, -0.2) is 30.5 Å². The van der Waals surface area contributed by atoms with E-state index in [2.05, 4.69) is 72.0 Å². The highest BCUT2D eigenvalue weighted by Gasteiger charge is 2.17. The summed E-state index contributed by atoms with van der Waals surface area (Å²) < 4.78 is 0. The fourth-order valence-corrected chi connectivity index (χ4v) is 5.39. The largest absolute Gasteiger partial charge is 0.327 e. The molecule has 0 radical (unpaired) electrons. The number of pyridine rings is 1. The average molecular weight is 473 g/mol. The first kappa shape index (κ1) is 22.4. The van der Waals surface area contributed by atoms with Crippen molar-refractivity contribution in [2.24, 2.45) is 0 Å². The summed E-state index contributed by atoms with van der Waals surface area (Å²) in [5.74, 6) is 0.0849. The van der Waals surface area contributed by atoms with Gasteiger partial charge in [-0.2, -0.15) is 0 Å². The number of fused-ring (bicyclic) bond motifs is 3. The number of aromatic nitrogens is 1. The minimum absolute atomic E-state index is 0.0849. The number of hydrogen-bond acceptors (Lipinski definition) is 2. The Labute approximate surface area is 211 Å². The predicted molar refractivity (Wildman–Crippen MR) is 148 cm³/mol. The lowest BCUT2D eigenvalue weighted by atomic mass is 9.94. The average Bonchev–Trinajstić information content (AvgIpc) is 2.93. The molecule has 0 saturated carbocycles. The van der Waals surface area contributed by atoms with Crippen molar-refractivity contribution in [3.8, 4) is 22.4 Å². The standard InChI is InChI=1S/C32H29N3O/c36-31(22-35-19-7-2-8-20-35)33-26-16-13-25(14-17-26)30-21-28(23-9-3-1-4-10-23)32-27-12-6-5-11-24(27)15-18-29(32)34-30/h1,3-6,9-18,21H,2,7-8,19-20,22H2,(H,33,36)/p+1. The van der Waals surface area contributed by atoms with Crippen LogP contribution in [0.5, 0.6) is 0 Å². The van der Waals surface area contributed by atoms with Crippen LogP contribution in [0.25, 0.3) is 44.1 Å². The Morgan fingerprint density at radius 3 is 2.33 bits per heavy atom. The Morgan fingerprint density at radius 2 is 1.53 bits per heavy atom. The molecule has 0 atom stereocenters. The summed E-state index contributed by atoms with van der Waals surface area (Å²) in [6.45, 7) is 2.74. The van der Waals surface area contributed by atoms with Gasteiger partial charge in [0.05, 0.1) is 24.3 Å². The number of anilines is 1. The van der Waals surface area contributed by atoms with Crippen molar-refractivity contribution in [1.82, 2.24) is 4.98 Å². The van der Waals surface area contributed by atoms with Crippen molar-refractivity contribution in [3.05, 3.63) is 97.1 Å². The first-order valence-corrected chi connectivity index (χ1v) is 12.9. The fourth-order valence-electron chi connectivity index (χ4n) is 5.39. The molecule has 1 aromatic heterocycles. The lowest BCUT2D eigenvalue weighted by Gasteiger charge is -2.22. The molecule has 4 heteroatoms. The van der Waals surface area contributed by atoms with Crippen molar-refractivity contribution in [1.29, 1.82) is 0 Å². The Balaban J connectivity index is 1.34. The second-order valence-electron chi connectivity index (χ2n) is 9.71. The number of piperidine rings is 1. The predicted octanol–water partition coefficient (Wildman–Crippen LogP) is 5.73. The van der Waals surface area contributed by atoms with Gasteiger partial charge < -0.3 is 10.2 Å². The Kier molecular flexibility index (Phi) is 6.18. The number of nitrogens with zero attached hydrogens (tertiary/aromatic N) is 1. The highest BCUT2D eigenvalue weighted by molar-refractivity contribution is 6.13. The SMILES string of the molecule is O=C(C[NH+]1CCCCC1)Nc1ccc(-c2cc(-c3ccccc3)c3c(ccc4ccccc43)n2)cc1. The Bertz CT molecular complexity index is 1520. The van der Waals surface area contributed by atoms with Gasteiger partial charge in [0.25, 0.3) is 5.91 Å². The number of carbonyl (C=O) groups excluding carboxylic acids is 1. The normalized spacial score (nSPS) is 14.2. The molecular weight excluding hydrogens is 442 g/mol. The van der Waals surface area contributed by atoms with Gasteiger partial charge in [0.15, 0.2) is 6.54 Å². The Morgan fingerprint density at radius 1 is 0.778 bits per heavy atom. The van der Waals surface area contributed by atoms with Gasteiger partial charge in [0, 0.05) is 16.6 Å². The number of amides is 1. The second kappa shape index (κ2) is 9.92. The number of rotatable bonds is 5. The second-order valence-corrected chi connectivity index (χ2v) is 9.71. The summed E-state index contributed by atoms with van der Waals surface area (Å²) in [5.41, 5.74) is 6.11. The van der Waals surface area contributed by atoms with Crippen molar-refractivity contribution < 1.29 is 9.69 Å².